The van der Waals surface area contributed by atoms with Crippen molar-refractivity contribution in [2.75, 3.05) is 31.1 Å². The van der Waals surface area contributed by atoms with Crippen LogP contribution in [0.25, 0.3) is 11.5 Å². The molecule has 1 fully saturated rings. The lowest BCUT2D eigenvalue weighted by Gasteiger charge is -2.29. The maximum Gasteiger partial charge on any atom is 0.251 e. The first-order valence-corrected chi connectivity index (χ1v) is 14.1. The van der Waals surface area contributed by atoms with E-state index in [4.69, 9.17) is 4.42 Å². The zero-order valence-electron chi connectivity index (χ0n) is 21.1. The molecule has 1 aliphatic rings. The van der Waals surface area contributed by atoms with E-state index in [0.717, 1.165) is 37.4 Å². The van der Waals surface area contributed by atoms with Gasteiger partial charge < -0.3 is 20.0 Å². The normalized spacial score (nSPS) is 13.9. The lowest BCUT2D eigenvalue weighted by atomic mass is 10.1. The first-order valence-electron chi connectivity index (χ1n) is 12.4. The van der Waals surface area contributed by atoms with Crippen molar-refractivity contribution in [3.63, 3.8) is 0 Å². The number of aryl methyl sites for hydroxylation is 1. The van der Waals surface area contributed by atoms with Gasteiger partial charge in [-0.15, -0.1) is 0 Å². The van der Waals surface area contributed by atoms with Crippen molar-refractivity contribution in [2.45, 2.75) is 24.1 Å². The van der Waals surface area contributed by atoms with Crippen molar-refractivity contribution in [1.29, 1.82) is 0 Å². The molecule has 38 heavy (non-hydrogen) atoms. The van der Waals surface area contributed by atoms with Crippen LogP contribution in [0.4, 0.5) is 5.69 Å². The van der Waals surface area contributed by atoms with Crippen molar-refractivity contribution < 1.29 is 17.6 Å². The molecule has 0 radical (unpaired) electrons. The third-order valence-corrected chi connectivity index (χ3v) is 8.11. The number of hydrogen-bond donors (Lipinski definition) is 2. The van der Waals surface area contributed by atoms with Gasteiger partial charge in [0.15, 0.2) is 9.84 Å². The number of carbonyl (C=O) groups excluding carboxylic acids is 1. The SMILES string of the molecule is Cc1oc(-c2ccc(C(=O)NCc3cccnc3)cc2)nc1CS(=O)(=O)c1ccc(N2CCNCC2)cc1. The van der Waals surface area contributed by atoms with E-state index in [1.54, 1.807) is 55.7 Å². The second-order valence-corrected chi connectivity index (χ2v) is 11.1. The van der Waals surface area contributed by atoms with Gasteiger partial charge in [-0.2, -0.15) is 0 Å². The van der Waals surface area contributed by atoms with Gasteiger partial charge in [0.05, 0.1) is 10.6 Å². The third kappa shape index (κ3) is 5.92. The molecular weight excluding hydrogens is 502 g/mol. The Morgan fingerprint density at radius 3 is 2.47 bits per heavy atom. The van der Waals surface area contributed by atoms with Gasteiger partial charge in [0.25, 0.3) is 5.91 Å². The van der Waals surface area contributed by atoms with Crippen LogP contribution in [0.5, 0.6) is 0 Å². The summed E-state index contributed by atoms with van der Waals surface area (Å²) in [5, 5.41) is 6.17. The standard InChI is InChI=1S/C28H29N5O4S/c1-20-26(19-38(35,36)25-10-8-24(9-11-25)33-15-13-29-14-16-33)32-28(37-20)23-6-4-22(5-7-23)27(34)31-18-21-3-2-12-30-17-21/h2-12,17,29H,13-16,18-19H2,1H3,(H,31,34). The fourth-order valence-corrected chi connectivity index (χ4v) is 5.63. The maximum absolute atomic E-state index is 13.1. The molecule has 1 amide bonds. The quantitative estimate of drug-likeness (QED) is 0.356. The van der Waals surface area contributed by atoms with E-state index >= 15 is 0 Å². The fraction of sp³-hybridized carbons (Fsp3) is 0.250. The van der Waals surface area contributed by atoms with Crippen LogP contribution in [0.15, 0.2) is 82.4 Å². The minimum Gasteiger partial charge on any atom is -0.441 e. The van der Waals surface area contributed by atoms with Crippen LogP contribution in [-0.4, -0.2) is 50.5 Å². The molecule has 5 rings (SSSR count). The molecule has 0 unspecified atom stereocenters. The van der Waals surface area contributed by atoms with E-state index in [9.17, 15) is 13.2 Å². The van der Waals surface area contributed by atoms with Gasteiger partial charge in [0.2, 0.25) is 5.89 Å². The number of pyridine rings is 1. The van der Waals surface area contributed by atoms with E-state index in [2.05, 4.69) is 25.5 Å². The second-order valence-electron chi connectivity index (χ2n) is 9.13. The second kappa shape index (κ2) is 11.2. The number of piperazine rings is 1. The molecule has 196 valence electrons. The average Bonchev–Trinajstić information content (AvgIpc) is 3.32. The van der Waals surface area contributed by atoms with Gasteiger partial charge in [-0.1, -0.05) is 6.07 Å². The predicted octanol–water partition coefficient (Wildman–Crippen LogP) is 3.36. The van der Waals surface area contributed by atoms with Crippen molar-refractivity contribution in [3.05, 3.63) is 95.6 Å². The van der Waals surface area contributed by atoms with Crippen LogP contribution in [0.2, 0.25) is 0 Å². The molecular formula is C28H29N5O4S. The molecule has 0 bridgehead atoms. The van der Waals surface area contributed by atoms with E-state index in [1.807, 2.05) is 24.3 Å². The van der Waals surface area contributed by atoms with Gasteiger partial charge in [-0.05, 0) is 67.1 Å². The largest absolute Gasteiger partial charge is 0.441 e. The van der Waals surface area contributed by atoms with Crippen LogP contribution in [0.1, 0.15) is 27.4 Å². The molecule has 0 aliphatic carbocycles. The van der Waals surface area contributed by atoms with Crippen LogP contribution in [-0.2, 0) is 22.1 Å². The van der Waals surface area contributed by atoms with Crippen molar-refractivity contribution in [3.8, 4) is 11.5 Å². The van der Waals surface area contributed by atoms with Crippen LogP contribution in [0.3, 0.4) is 0 Å². The lowest BCUT2D eigenvalue weighted by Crippen LogP contribution is -2.43. The number of benzene rings is 2. The number of oxazole rings is 1. The number of amides is 1. The van der Waals surface area contributed by atoms with E-state index in [1.165, 1.54) is 0 Å². The maximum atomic E-state index is 13.1. The number of aromatic nitrogens is 2. The highest BCUT2D eigenvalue weighted by Crippen LogP contribution is 2.26. The topological polar surface area (TPSA) is 117 Å². The smallest absolute Gasteiger partial charge is 0.251 e. The van der Waals surface area contributed by atoms with Gasteiger partial charge in [-0.25, -0.2) is 13.4 Å². The minimum absolute atomic E-state index is 0.209. The Balaban J connectivity index is 1.24. The summed E-state index contributed by atoms with van der Waals surface area (Å²) in [5.74, 6) is 0.284. The van der Waals surface area contributed by atoms with Crippen LogP contribution < -0.4 is 15.5 Å². The van der Waals surface area contributed by atoms with E-state index in [0.29, 0.717) is 35.0 Å². The summed E-state index contributed by atoms with van der Waals surface area (Å²) in [6.07, 6.45) is 3.38. The first-order chi connectivity index (χ1) is 18.4. The Kier molecular flexibility index (Phi) is 7.52. The third-order valence-electron chi connectivity index (χ3n) is 6.47. The Morgan fingerprint density at radius 1 is 1.05 bits per heavy atom. The number of rotatable bonds is 8. The molecule has 1 aliphatic heterocycles. The summed E-state index contributed by atoms with van der Waals surface area (Å²) in [4.78, 5) is 23.5. The van der Waals surface area contributed by atoms with Gasteiger partial charge in [0, 0.05) is 61.9 Å². The molecule has 2 aromatic heterocycles. The zero-order valence-corrected chi connectivity index (χ0v) is 21.9. The molecule has 2 aromatic carbocycles. The van der Waals surface area contributed by atoms with Crippen LogP contribution >= 0.6 is 0 Å². The monoisotopic (exact) mass is 531 g/mol. The number of hydrogen-bond acceptors (Lipinski definition) is 8. The number of anilines is 1. The Labute approximate surface area is 221 Å². The van der Waals surface area contributed by atoms with Gasteiger partial charge in [-0.3, -0.25) is 9.78 Å². The van der Waals surface area contributed by atoms with E-state index < -0.39 is 9.84 Å². The van der Waals surface area contributed by atoms with Gasteiger partial charge >= 0.3 is 0 Å². The first kappa shape index (κ1) is 25.6. The molecule has 0 atom stereocenters. The zero-order chi connectivity index (χ0) is 26.5. The Bertz CT molecular complexity index is 1500. The molecule has 4 aromatic rings. The summed E-state index contributed by atoms with van der Waals surface area (Å²) < 4.78 is 32.0. The molecule has 0 spiro atoms. The summed E-state index contributed by atoms with van der Waals surface area (Å²) in [5.41, 5.74) is 3.43. The number of nitrogens with zero attached hydrogens (tertiary/aromatic N) is 3. The minimum atomic E-state index is -3.61. The molecule has 2 N–H and O–H groups in total. The Morgan fingerprint density at radius 2 is 1.79 bits per heavy atom. The van der Waals surface area contributed by atoms with Crippen molar-refractivity contribution in [1.82, 2.24) is 20.6 Å². The molecule has 0 saturated carbocycles. The molecule has 3 heterocycles. The van der Waals surface area contributed by atoms with Crippen LogP contribution in [0, 0.1) is 6.92 Å². The fourth-order valence-electron chi connectivity index (χ4n) is 4.29. The summed E-state index contributed by atoms with van der Waals surface area (Å²) >= 11 is 0. The molecule has 1 saturated heterocycles. The summed E-state index contributed by atoms with van der Waals surface area (Å²) in [6, 6.07) is 17.6. The highest BCUT2D eigenvalue weighted by Gasteiger charge is 2.22. The lowest BCUT2D eigenvalue weighted by molar-refractivity contribution is 0.0951. The van der Waals surface area contributed by atoms with Crippen molar-refractivity contribution >= 4 is 21.4 Å². The molecule has 10 heteroatoms. The number of carbonyl (C=O) groups is 1. The predicted molar refractivity (Wildman–Crippen MR) is 144 cm³/mol. The van der Waals surface area contributed by atoms with Crippen molar-refractivity contribution in [2.24, 2.45) is 0 Å². The summed E-state index contributed by atoms with van der Waals surface area (Å²) in [7, 11) is -3.61. The Hall–Kier alpha value is -4.02. The number of sulfone groups is 1. The number of nitrogens with one attached hydrogen (secondary N) is 2. The highest BCUT2D eigenvalue weighted by molar-refractivity contribution is 7.90. The summed E-state index contributed by atoms with van der Waals surface area (Å²) in [6.45, 7) is 5.69. The van der Waals surface area contributed by atoms with Gasteiger partial charge in [0.1, 0.15) is 11.5 Å². The highest BCUT2D eigenvalue weighted by atomic mass is 32.2. The average molecular weight is 532 g/mol. The van der Waals surface area contributed by atoms with E-state index in [-0.39, 0.29) is 16.6 Å². The molecule has 9 nitrogen and oxygen atoms in total.